The van der Waals surface area contributed by atoms with Crippen molar-refractivity contribution in [2.75, 3.05) is 13.2 Å². The van der Waals surface area contributed by atoms with Crippen molar-refractivity contribution in [2.45, 2.75) is 104 Å². The summed E-state index contributed by atoms with van der Waals surface area (Å²) in [6.45, 7) is 2.83. The highest BCUT2D eigenvalue weighted by molar-refractivity contribution is 5.99. The van der Waals surface area contributed by atoms with E-state index in [1.165, 1.54) is 44.9 Å². The standard InChI is InChI=1S/C21H36F4O4/c1-4-5-6-7-8-9-10-11-12-13-14-15-28-18(26)20(2,3)19(27)29-16-21(24,25)17(22)23/h17H,4-16H2,1-3H3. The van der Waals surface area contributed by atoms with Gasteiger partial charge < -0.3 is 9.47 Å². The fraction of sp³-hybridized carbons (Fsp3) is 0.905. The van der Waals surface area contributed by atoms with Gasteiger partial charge in [-0.05, 0) is 20.3 Å². The first kappa shape index (κ1) is 27.7. The van der Waals surface area contributed by atoms with Crippen LogP contribution in [0, 0.1) is 5.41 Å². The van der Waals surface area contributed by atoms with Crippen LogP contribution in [-0.2, 0) is 19.1 Å². The lowest BCUT2D eigenvalue weighted by Crippen LogP contribution is -2.40. The van der Waals surface area contributed by atoms with E-state index >= 15 is 0 Å². The van der Waals surface area contributed by atoms with E-state index in [0.717, 1.165) is 33.1 Å². The summed E-state index contributed by atoms with van der Waals surface area (Å²) in [6, 6.07) is 0. The van der Waals surface area contributed by atoms with Crippen molar-refractivity contribution in [3.8, 4) is 0 Å². The number of ether oxygens (including phenoxy) is 2. The number of halogens is 4. The Morgan fingerprint density at radius 3 is 1.62 bits per heavy atom. The summed E-state index contributed by atoms with van der Waals surface area (Å²) < 4.78 is 59.0. The van der Waals surface area contributed by atoms with Crippen molar-refractivity contribution in [1.82, 2.24) is 0 Å². The third-order valence-corrected chi connectivity index (χ3v) is 4.72. The van der Waals surface area contributed by atoms with Crippen LogP contribution in [0.3, 0.4) is 0 Å². The van der Waals surface area contributed by atoms with E-state index in [2.05, 4.69) is 11.7 Å². The maximum atomic E-state index is 12.8. The van der Waals surface area contributed by atoms with Gasteiger partial charge in [-0.15, -0.1) is 0 Å². The smallest absolute Gasteiger partial charge is 0.340 e. The molecule has 0 aromatic rings. The number of rotatable bonds is 17. The van der Waals surface area contributed by atoms with Gasteiger partial charge in [0, 0.05) is 0 Å². The number of alkyl halides is 4. The molecule has 29 heavy (non-hydrogen) atoms. The molecule has 0 spiro atoms. The summed E-state index contributed by atoms with van der Waals surface area (Å²) in [7, 11) is 0. The van der Waals surface area contributed by atoms with E-state index in [1.807, 2.05) is 0 Å². The predicted molar refractivity (Wildman–Crippen MR) is 103 cm³/mol. The number of carbonyl (C=O) groups excluding carboxylic acids is 2. The fourth-order valence-electron chi connectivity index (χ4n) is 2.60. The summed E-state index contributed by atoms with van der Waals surface area (Å²) in [6.07, 6.45) is 8.56. The van der Waals surface area contributed by atoms with Crippen molar-refractivity contribution < 1.29 is 36.6 Å². The average molecular weight is 429 g/mol. The third kappa shape index (κ3) is 12.1. The maximum absolute atomic E-state index is 12.8. The topological polar surface area (TPSA) is 52.6 Å². The molecule has 0 aliphatic heterocycles. The molecule has 0 aliphatic rings. The van der Waals surface area contributed by atoms with Crippen LogP contribution in [0.2, 0.25) is 0 Å². The van der Waals surface area contributed by atoms with Crippen LogP contribution in [-0.4, -0.2) is 37.5 Å². The van der Waals surface area contributed by atoms with Gasteiger partial charge in [0.2, 0.25) is 0 Å². The highest BCUT2D eigenvalue weighted by atomic mass is 19.3. The van der Waals surface area contributed by atoms with Crippen LogP contribution < -0.4 is 0 Å². The zero-order valence-electron chi connectivity index (χ0n) is 17.9. The van der Waals surface area contributed by atoms with E-state index in [1.54, 1.807) is 0 Å². The zero-order chi connectivity index (χ0) is 22.3. The molecule has 0 saturated heterocycles. The second-order valence-corrected chi connectivity index (χ2v) is 7.93. The van der Waals surface area contributed by atoms with Gasteiger partial charge in [-0.1, -0.05) is 71.1 Å². The van der Waals surface area contributed by atoms with Crippen LogP contribution in [0.1, 0.15) is 91.4 Å². The van der Waals surface area contributed by atoms with Gasteiger partial charge in [0.25, 0.3) is 0 Å². The summed E-state index contributed by atoms with van der Waals surface area (Å²) in [5, 5.41) is 0. The lowest BCUT2D eigenvalue weighted by atomic mass is 9.94. The molecule has 4 nitrogen and oxygen atoms in total. The minimum absolute atomic E-state index is 0.111. The van der Waals surface area contributed by atoms with E-state index in [9.17, 15) is 27.2 Å². The minimum Gasteiger partial charge on any atom is -0.465 e. The molecule has 172 valence electrons. The first-order valence-electron chi connectivity index (χ1n) is 10.6. The van der Waals surface area contributed by atoms with Gasteiger partial charge in [0.1, 0.15) is 0 Å². The number of hydrogen-bond donors (Lipinski definition) is 0. The number of esters is 2. The normalized spacial score (nSPS) is 12.3. The Morgan fingerprint density at radius 1 is 0.759 bits per heavy atom. The molecule has 0 N–H and O–H groups in total. The van der Waals surface area contributed by atoms with Crippen LogP contribution in [0.4, 0.5) is 17.6 Å². The van der Waals surface area contributed by atoms with Crippen molar-refractivity contribution in [3.63, 3.8) is 0 Å². The second-order valence-electron chi connectivity index (χ2n) is 7.93. The molecule has 0 rings (SSSR count). The van der Waals surface area contributed by atoms with Crippen molar-refractivity contribution in [3.05, 3.63) is 0 Å². The lowest BCUT2D eigenvalue weighted by molar-refractivity contribution is -0.190. The quantitative estimate of drug-likeness (QED) is 0.118. The third-order valence-electron chi connectivity index (χ3n) is 4.72. The van der Waals surface area contributed by atoms with Crippen molar-refractivity contribution in [1.29, 1.82) is 0 Å². The number of carbonyl (C=O) groups is 2. The van der Waals surface area contributed by atoms with Gasteiger partial charge in [0.05, 0.1) is 6.61 Å². The summed E-state index contributed by atoms with van der Waals surface area (Å²) in [5.41, 5.74) is -1.84. The minimum atomic E-state index is -4.45. The Hall–Kier alpha value is -1.34. The molecule has 0 fully saturated rings. The molecule has 0 atom stereocenters. The van der Waals surface area contributed by atoms with E-state index < -0.39 is 36.3 Å². The van der Waals surface area contributed by atoms with Crippen LogP contribution in [0.5, 0.6) is 0 Å². The van der Waals surface area contributed by atoms with Gasteiger partial charge >= 0.3 is 24.3 Å². The largest absolute Gasteiger partial charge is 0.465 e. The Kier molecular flexibility index (Phi) is 13.9. The number of hydrogen-bond acceptors (Lipinski definition) is 4. The maximum Gasteiger partial charge on any atom is 0.340 e. The molecular formula is C21H36F4O4. The van der Waals surface area contributed by atoms with Crippen molar-refractivity contribution in [2.24, 2.45) is 5.41 Å². The zero-order valence-corrected chi connectivity index (χ0v) is 17.9. The van der Waals surface area contributed by atoms with Gasteiger partial charge in [-0.25, -0.2) is 8.78 Å². The fourth-order valence-corrected chi connectivity index (χ4v) is 2.60. The number of unbranched alkanes of at least 4 members (excludes halogenated alkanes) is 10. The molecule has 0 amide bonds. The Morgan fingerprint density at radius 2 is 1.17 bits per heavy atom. The Bertz CT molecular complexity index is 468. The van der Waals surface area contributed by atoms with E-state index in [0.29, 0.717) is 6.42 Å². The van der Waals surface area contributed by atoms with E-state index in [4.69, 9.17) is 4.74 Å². The molecule has 0 aromatic carbocycles. The molecule has 0 saturated carbocycles. The molecule has 0 heterocycles. The molecule has 0 radical (unpaired) electrons. The van der Waals surface area contributed by atoms with Crippen LogP contribution in [0.15, 0.2) is 0 Å². The molecule has 0 bridgehead atoms. The van der Waals surface area contributed by atoms with Crippen LogP contribution in [0.25, 0.3) is 0 Å². The molecule has 0 aromatic heterocycles. The van der Waals surface area contributed by atoms with Crippen molar-refractivity contribution >= 4 is 11.9 Å². The lowest BCUT2D eigenvalue weighted by Gasteiger charge is -2.22. The van der Waals surface area contributed by atoms with Gasteiger partial charge in [-0.2, -0.15) is 8.78 Å². The Balaban J connectivity index is 3.88. The first-order chi connectivity index (χ1) is 13.6. The van der Waals surface area contributed by atoms with Crippen LogP contribution >= 0.6 is 0 Å². The highest BCUT2D eigenvalue weighted by Gasteiger charge is 2.45. The molecule has 0 unspecified atom stereocenters. The SMILES string of the molecule is CCCCCCCCCCCCCOC(=O)C(C)(C)C(=O)OCC(F)(F)C(F)F. The Labute approximate surface area is 171 Å². The van der Waals surface area contributed by atoms with Gasteiger partial charge in [-0.3, -0.25) is 9.59 Å². The molecular weight excluding hydrogens is 392 g/mol. The first-order valence-corrected chi connectivity index (χ1v) is 10.6. The second kappa shape index (κ2) is 14.6. The average Bonchev–Trinajstić information content (AvgIpc) is 2.66. The van der Waals surface area contributed by atoms with Gasteiger partial charge in [0.15, 0.2) is 12.0 Å². The summed E-state index contributed by atoms with van der Waals surface area (Å²) in [4.78, 5) is 23.8. The predicted octanol–water partition coefficient (Wildman–Crippen LogP) is 6.31. The summed E-state index contributed by atoms with van der Waals surface area (Å²) >= 11 is 0. The van der Waals surface area contributed by atoms with E-state index in [-0.39, 0.29) is 6.61 Å². The monoisotopic (exact) mass is 428 g/mol. The summed E-state index contributed by atoms with van der Waals surface area (Å²) in [5.74, 6) is -6.69. The highest BCUT2D eigenvalue weighted by Crippen LogP contribution is 2.26. The molecule has 0 aliphatic carbocycles. The molecule has 8 heteroatoms.